The molecule has 0 aromatic heterocycles. The molecule has 0 saturated carbocycles. The molecular weight excluding hydrogens is 261 g/mol. The summed E-state index contributed by atoms with van der Waals surface area (Å²) in [6.45, 7) is 3.04. The zero-order valence-corrected chi connectivity index (χ0v) is 11.1. The van der Waals surface area contributed by atoms with Crippen molar-refractivity contribution in [3.05, 3.63) is 28.8 Å². The van der Waals surface area contributed by atoms with Gasteiger partial charge in [0.25, 0.3) is 0 Å². The second-order valence-electron chi connectivity index (χ2n) is 3.51. The molecule has 0 bridgehead atoms. The number of nitrogens with one attached hydrogen (secondary N) is 1. The van der Waals surface area contributed by atoms with E-state index in [1.807, 2.05) is 6.92 Å². The van der Waals surface area contributed by atoms with Crippen LogP contribution in [-0.4, -0.2) is 18.4 Å². The van der Waals surface area contributed by atoms with Crippen LogP contribution in [0.1, 0.15) is 18.9 Å². The molecule has 0 aliphatic carbocycles. The first-order valence-corrected chi connectivity index (χ1v) is 6.32. The molecule has 0 unspecified atom stereocenters. The maximum Gasteiger partial charge on any atom is 0.235 e. The van der Waals surface area contributed by atoms with Crippen LogP contribution in [0, 0.1) is 0 Å². The molecule has 0 radical (unpaired) electrons. The summed E-state index contributed by atoms with van der Waals surface area (Å²) in [5.74, 6) is 0.477. The van der Waals surface area contributed by atoms with Crippen molar-refractivity contribution in [3.63, 3.8) is 0 Å². The Balaban J connectivity index is 2.72. The maximum absolute atomic E-state index is 11.1. The van der Waals surface area contributed by atoms with Crippen molar-refractivity contribution in [1.29, 1.82) is 0 Å². The number of amides is 1. The molecule has 1 aromatic rings. The van der Waals surface area contributed by atoms with Crippen molar-refractivity contribution in [2.45, 2.75) is 19.9 Å². The first kappa shape index (κ1) is 14.1. The van der Waals surface area contributed by atoms with E-state index in [1.54, 1.807) is 18.2 Å². The van der Waals surface area contributed by atoms with Gasteiger partial charge in [-0.05, 0) is 24.6 Å². The summed E-state index contributed by atoms with van der Waals surface area (Å²) < 4.78 is 5.56. The van der Waals surface area contributed by atoms with Gasteiger partial charge in [-0.25, -0.2) is 0 Å². The van der Waals surface area contributed by atoms with E-state index < -0.39 is 0 Å². The van der Waals surface area contributed by atoms with Gasteiger partial charge in [-0.2, -0.15) is 0 Å². The molecule has 0 saturated heterocycles. The van der Waals surface area contributed by atoms with Crippen molar-refractivity contribution in [2.24, 2.45) is 0 Å². The largest absolute Gasteiger partial charge is 0.493 e. The Hall–Kier alpha value is -0.930. The molecule has 1 aromatic carbocycles. The normalized spacial score (nSPS) is 10.1. The molecule has 94 valence electrons. The summed E-state index contributed by atoms with van der Waals surface area (Å²) in [5, 5.41) is 3.30. The lowest BCUT2D eigenvalue weighted by atomic mass is 10.2. The topological polar surface area (TPSA) is 38.3 Å². The van der Waals surface area contributed by atoms with Gasteiger partial charge in [-0.3, -0.25) is 4.79 Å². The van der Waals surface area contributed by atoms with E-state index in [9.17, 15) is 4.79 Å². The van der Waals surface area contributed by atoms with Crippen LogP contribution in [0.3, 0.4) is 0 Å². The lowest BCUT2D eigenvalue weighted by Gasteiger charge is -2.11. The van der Waals surface area contributed by atoms with E-state index in [0.717, 1.165) is 17.7 Å². The summed E-state index contributed by atoms with van der Waals surface area (Å²) in [5.41, 5.74) is 0.851. The molecular formula is C12H15Cl2NO2. The van der Waals surface area contributed by atoms with Gasteiger partial charge < -0.3 is 10.1 Å². The van der Waals surface area contributed by atoms with Crippen LogP contribution in [0.15, 0.2) is 18.2 Å². The van der Waals surface area contributed by atoms with E-state index in [1.165, 1.54) is 0 Å². The van der Waals surface area contributed by atoms with Crippen LogP contribution in [0.4, 0.5) is 0 Å². The number of carbonyl (C=O) groups is 1. The predicted molar refractivity (Wildman–Crippen MR) is 69.8 cm³/mol. The zero-order chi connectivity index (χ0) is 12.7. The number of alkyl halides is 1. The number of hydrogen-bond donors (Lipinski definition) is 1. The molecule has 0 aliphatic heterocycles. The number of hydrogen-bond acceptors (Lipinski definition) is 2. The van der Waals surface area contributed by atoms with Gasteiger partial charge in [0, 0.05) is 17.1 Å². The Bertz CT molecular complexity index is 383. The molecule has 0 aliphatic rings. The van der Waals surface area contributed by atoms with Crippen LogP contribution >= 0.6 is 23.2 Å². The lowest BCUT2D eigenvalue weighted by Crippen LogP contribution is -2.24. The van der Waals surface area contributed by atoms with Gasteiger partial charge in [0.05, 0.1) is 6.61 Å². The van der Waals surface area contributed by atoms with E-state index in [2.05, 4.69) is 5.32 Å². The van der Waals surface area contributed by atoms with Crippen LogP contribution in [0.25, 0.3) is 0 Å². The molecule has 0 spiro atoms. The summed E-state index contributed by atoms with van der Waals surface area (Å²) >= 11 is 11.3. The maximum atomic E-state index is 11.1. The number of benzene rings is 1. The fourth-order valence-electron chi connectivity index (χ4n) is 1.28. The minimum atomic E-state index is -0.215. The minimum absolute atomic E-state index is 0.0499. The van der Waals surface area contributed by atoms with Crippen molar-refractivity contribution in [1.82, 2.24) is 5.32 Å². The molecule has 1 rings (SSSR count). The summed E-state index contributed by atoms with van der Waals surface area (Å²) in [6, 6.07) is 5.35. The van der Waals surface area contributed by atoms with Crippen molar-refractivity contribution in [3.8, 4) is 5.75 Å². The Morgan fingerprint density at radius 3 is 2.88 bits per heavy atom. The van der Waals surface area contributed by atoms with E-state index in [0.29, 0.717) is 18.2 Å². The van der Waals surface area contributed by atoms with Crippen LogP contribution in [-0.2, 0) is 11.3 Å². The molecule has 0 heterocycles. The highest BCUT2D eigenvalue weighted by Crippen LogP contribution is 2.23. The summed E-state index contributed by atoms with van der Waals surface area (Å²) in [7, 11) is 0. The van der Waals surface area contributed by atoms with Crippen molar-refractivity contribution < 1.29 is 9.53 Å². The fourth-order valence-corrected chi connectivity index (χ4v) is 1.57. The van der Waals surface area contributed by atoms with E-state index in [4.69, 9.17) is 27.9 Å². The number of halogens is 2. The Kier molecular flexibility index (Phi) is 6.16. The summed E-state index contributed by atoms with van der Waals surface area (Å²) in [6.07, 6.45) is 0.927. The fraction of sp³-hybridized carbons (Fsp3) is 0.417. The zero-order valence-electron chi connectivity index (χ0n) is 9.63. The lowest BCUT2D eigenvalue weighted by molar-refractivity contribution is -0.118. The number of carbonyl (C=O) groups excluding carboxylic acids is 1. The minimum Gasteiger partial charge on any atom is -0.493 e. The smallest absolute Gasteiger partial charge is 0.235 e. The Morgan fingerprint density at radius 2 is 2.24 bits per heavy atom. The molecule has 1 N–H and O–H groups in total. The average Bonchev–Trinajstić information content (AvgIpc) is 2.34. The molecule has 3 nitrogen and oxygen atoms in total. The Labute approximate surface area is 111 Å². The van der Waals surface area contributed by atoms with Gasteiger partial charge in [-0.1, -0.05) is 18.5 Å². The predicted octanol–water partition coefficient (Wildman–Crippen LogP) is 2.98. The molecule has 17 heavy (non-hydrogen) atoms. The molecule has 1 amide bonds. The summed E-state index contributed by atoms with van der Waals surface area (Å²) in [4.78, 5) is 11.1. The third kappa shape index (κ3) is 4.84. The first-order chi connectivity index (χ1) is 8.17. The highest BCUT2D eigenvalue weighted by molar-refractivity contribution is 6.30. The molecule has 0 fully saturated rings. The SMILES string of the molecule is CCCOc1ccc(Cl)cc1CNC(=O)CCl. The van der Waals surface area contributed by atoms with Gasteiger partial charge in [0.1, 0.15) is 11.6 Å². The first-order valence-electron chi connectivity index (χ1n) is 5.41. The van der Waals surface area contributed by atoms with Crippen LogP contribution in [0.5, 0.6) is 5.75 Å². The second kappa shape index (κ2) is 7.41. The monoisotopic (exact) mass is 275 g/mol. The Morgan fingerprint density at radius 1 is 1.47 bits per heavy atom. The van der Waals surface area contributed by atoms with Crippen LogP contribution < -0.4 is 10.1 Å². The highest BCUT2D eigenvalue weighted by atomic mass is 35.5. The highest BCUT2D eigenvalue weighted by Gasteiger charge is 2.06. The van der Waals surface area contributed by atoms with Crippen LogP contribution in [0.2, 0.25) is 5.02 Å². The third-order valence-electron chi connectivity index (χ3n) is 2.08. The van der Waals surface area contributed by atoms with Gasteiger partial charge in [0.15, 0.2) is 0 Å². The van der Waals surface area contributed by atoms with Crippen molar-refractivity contribution >= 4 is 29.1 Å². The standard InChI is InChI=1S/C12H15Cl2NO2/c1-2-5-17-11-4-3-10(14)6-9(11)8-15-12(16)7-13/h3-4,6H,2,5,7-8H2,1H3,(H,15,16). The number of rotatable bonds is 6. The van der Waals surface area contributed by atoms with Gasteiger partial charge >= 0.3 is 0 Å². The van der Waals surface area contributed by atoms with E-state index in [-0.39, 0.29) is 11.8 Å². The average molecular weight is 276 g/mol. The molecule has 5 heteroatoms. The second-order valence-corrected chi connectivity index (χ2v) is 4.21. The van der Waals surface area contributed by atoms with Gasteiger partial charge in [-0.15, -0.1) is 11.6 Å². The third-order valence-corrected chi connectivity index (χ3v) is 2.56. The van der Waals surface area contributed by atoms with Gasteiger partial charge in [0.2, 0.25) is 5.91 Å². The van der Waals surface area contributed by atoms with E-state index >= 15 is 0 Å². The van der Waals surface area contributed by atoms with Crippen molar-refractivity contribution in [2.75, 3.05) is 12.5 Å². The number of ether oxygens (including phenoxy) is 1. The molecule has 0 atom stereocenters. The quantitative estimate of drug-likeness (QED) is 0.811.